The molecule has 0 aliphatic heterocycles. The summed E-state index contributed by atoms with van der Waals surface area (Å²) in [6.07, 6.45) is -0.267. The van der Waals surface area contributed by atoms with Gasteiger partial charge in [0.05, 0.1) is 0 Å². The molecule has 0 aromatic heterocycles. The molecule has 1 aliphatic carbocycles. The minimum atomic E-state index is -2.52. The first-order valence-corrected chi connectivity index (χ1v) is 4.62. The van der Waals surface area contributed by atoms with Gasteiger partial charge in [0.15, 0.2) is 0 Å². The van der Waals surface area contributed by atoms with Crippen LogP contribution in [0.4, 0.5) is 8.78 Å². The fourth-order valence-corrected chi connectivity index (χ4v) is 1.61. The van der Waals surface area contributed by atoms with Crippen molar-refractivity contribution in [2.75, 3.05) is 6.54 Å². The van der Waals surface area contributed by atoms with Crippen molar-refractivity contribution >= 4 is 5.91 Å². The lowest BCUT2D eigenvalue weighted by molar-refractivity contribution is -0.144. The molecule has 1 rings (SSSR count). The molecule has 0 spiro atoms. The number of hydrogen-bond acceptors (Lipinski definition) is 1. The number of nitrogens with one attached hydrogen (secondary N) is 1. The zero-order valence-corrected chi connectivity index (χ0v) is 7.94. The molecule has 1 saturated carbocycles. The Morgan fingerprint density at radius 1 is 1.62 bits per heavy atom. The summed E-state index contributed by atoms with van der Waals surface area (Å²) < 4.78 is 24.9. The van der Waals surface area contributed by atoms with Gasteiger partial charge in [0.1, 0.15) is 0 Å². The maximum Gasteiger partial charge on any atom is 0.248 e. The van der Waals surface area contributed by atoms with Crippen LogP contribution >= 0.6 is 0 Å². The van der Waals surface area contributed by atoms with Crippen molar-refractivity contribution in [1.82, 2.24) is 5.32 Å². The van der Waals surface area contributed by atoms with E-state index in [0.29, 0.717) is 6.54 Å². The topological polar surface area (TPSA) is 29.1 Å². The van der Waals surface area contributed by atoms with Crippen molar-refractivity contribution < 1.29 is 13.6 Å². The van der Waals surface area contributed by atoms with Crippen LogP contribution in [0.1, 0.15) is 26.7 Å². The van der Waals surface area contributed by atoms with E-state index in [-0.39, 0.29) is 30.6 Å². The van der Waals surface area contributed by atoms with Crippen molar-refractivity contribution in [3.05, 3.63) is 0 Å². The van der Waals surface area contributed by atoms with Gasteiger partial charge in [-0.05, 0) is 12.8 Å². The van der Waals surface area contributed by atoms with E-state index in [1.165, 1.54) is 0 Å². The second-order valence-corrected chi connectivity index (χ2v) is 3.71. The Bertz CT molecular complexity index is 198. The quantitative estimate of drug-likeness (QED) is 0.724. The molecule has 1 fully saturated rings. The van der Waals surface area contributed by atoms with E-state index >= 15 is 0 Å². The molecule has 1 N–H and O–H groups in total. The predicted molar refractivity (Wildman–Crippen MR) is 45.5 cm³/mol. The molecule has 0 saturated heterocycles. The highest BCUT2D eigenvalue weighted by atomic mass is 19.3. The standard InChI is InChI=1S/C9H15F2NO/c1-3-12-8(13)6(2)7-4-9(10,11)5-7/h6-7H,3-5H2,1-2H3,(H,12,13)/t6-/m1/s1. The summed E-state index contributed by atoms with van der Waals surface area (Å²) in [6, 6.07) is 0. The lowest BCUT2D eigenvalue weighted by Crippen LogP contribution is -2.44. The van der Waals surface area contributed by atoms with Gasteiger partial charge >= 0.3 is 0 Å². The molecule has 1 amide bonds. The Kier molecular flexibility index (Phi) is 2.88. The maximum atomic E-state index is 12.5. The summed E-state index contributed by atoms with van der Waals surface area (Å²) in [4.78, 5) is 11.2. The van der Waals surface area contributed by atoms with Gasteiger partial charge in [-0.1, -0.05) is 6.92 Å². The second-order valence-electron chi connectivity index (χ2n) is 3.71. The number of alkyl halides is 2. The Hall–Kier alpha value is -0.670. The van der Waals surface area contributed by atoms with Crippen molar-refractivity contribution in [2.45, 2.75) is 32.6 Å². The van der Waals surface area contributed by atoms with Crippen molar-refractivity contribution in [3.63, 3.8) is 0 Å². The van der Waals surface area contributed by atoms with Crippen LogP contribution in [0.15, 0.2) is 0 Å². The van der Waals surface area contributed by atoms with Gasteiger partial charge in [-0.25, -0.2) is 8.78 Å². The number of carbonyl (C=O) groups is 1. The molecular weight excluding hydrogens is 176 g/mol. The fourth-order valence-electron chi connectivity index (χ4n) is 1.61. The van der Waals surface area contributed by atoms with Crippen molar-refractivity contribution in [2.24, 2.45) is 11.8 Å². The monoisotopic (exact) mass is 191 g/mol. The van der Waals surface area contributed by atoms with Crippen LogP contribution in [0, 0.1) is 11.8 Å². The minimum Gasteiger partial charge on any atom is -0.356 e. The molecule has 13 heavy (non-hydrogen) atoms. The summed E-state index contributed by atoms with van der Waals surface area (Å²) in [5.41, 5.74) is 0. The molecule has 0 radical (unpaired) electrons. The van der Waals surface area contributed by atoms with Gasteiger partial charge in [-0.2, -0.15) is 0 Å². The molecular formula is C9H15F2NO. The molecule has 0 aromatic rings. The normalized spacial score (nSPS) is 23.4. The number of amides is 1. The van der Waals surface area contributed by atoms with E-state index in [9.17, 15) is 13.6 Å². The third-order valence-corrected chi connectivity index (χ3v) is 2.59. The maximum absolute atomic E-state index is 12.5. The smallest absolute Gasteiger partial charge is 0.248 e. The van der Waals surface area contributed by atoms with E-state index in [1.54, 1.807) is 6.92 Å². The van der Waals surface area contributed by atoms with Gasteiger partial charge in [-0.3, -0.25) is 4.79 Å². The molecule has 1 aliphatic rings. The third-order valence-electron chi connectivity index (χ3n) is 2.59. The first-order chi connectivity index (χ1) is 5.96. The van der Waals surface area contributed by atoms with Crippen LogP contribution in [0.5, 0.6) is 0 Å². The minimum absolute atomic E-state index is 0.108. The Balaban J connectivity index is 2.34. The molecule has 0 unspecified atom stereocenters. The van der Waals surface area contributed by atoms with Gasteiger partial charge in [0.25, 0.3) is 0 Å². The summed E-state index contributed by atoms with van der Waals surface area (Å²) in [5.74, 6) is -3.05. The van der Waals surface area contributed by atoms with Crippen LogP contribution in [0.2, 0.25) is 0 Å². The second kappa shape index (κ2) is 3.60. The Morgan fingerprint density at radius 2 is 2.15 bits per heavy atom. The summed E-state index contributed by atoms with van der Waals surface area (Å²) >= 11 is 0. The lowest BCUT2D eigenvalue weighted by atomic mass is 9.73. The van der Waals surface area contributed by atoms with E-state index in [4.69, 9.17) is 0 Å². The molecule has 2 nitrogen and oxygen atoms in total. The average Bonchev–Trinajstić information content (AvgIpc) is 1.99. The Morgan fingerprint density at radius 3 is 2.54 bits per heavy atom. The van der Waals surface area contributed by atoms with Gasteiger partial charge in [-0.15, -0.1) is 0 Å². The predicted octanol–water partition coefficient (Wildman–Crippen LogP) is 1.80. The van der Waals surface area contributed by atoms with E-state index in [1.807, 2.05) is 6.92 Å². The molecule has 4 heteroatoms. The fraction of sp³-hybridized carbons (Fsp3) is 0.889. The summed E-state index contributed by atoms with van der Waals surface area (Å²) in [5, 5.41) is 2.64. The molecule has 0 heterocycles. The van der Waals surface area contributed by atoms with Gasteiger partial charge < -0.3 is 5.32 Å². The SMILES string of the molecule is CCNC(=O)[C@H](C)C1CC(F)(F)C1. The highest BCUT2D eigenvalue weighted by Crippen LogP contribution is 2.45. The van der Waals surface area contributed by atoms with Gasteiger partial charge in [0, 0.05) is 25.3 Å². The molecule has 76 valence electrons. The van der Waals surface area contributed by atoms with Crippen LogP contribution in [-0.2, 0) is 4.79 Å². The van der Waals surface area contributed by atoms with Crippen LogP contribution in [0.3, 0.4) is 0 Å². The Labute approximate surface area is 76.7 Å². The largest absolute Gasteiger partial charge is 0.356 e. The first kappa shape index (κ1) is 10.4. The zero-order chi connectivity index (χ0) is 10.1. The van der Waals surface area contributed by atoms with Gasteiger partial charge in [0.2, 0.25) is 11.8 Å². The average molecular weight is 191 g/mol. The third kappa shape index (κ3) is 2.39. The van der Waals surface area contributed by atoms with Crippen molar-refractivity contribution in [1.29, 1.82) is 0 Å². The van der Waals surface area contributed by atoms with Crippen LogP contribution in [0.25, 0.3) is 0 Å². The lowest BCUT2D eigenvalue weighted by Gasteiger charge is -2.38. The highest BCUT2D eigenvalue weighted by Gasteiger charge is 2.48. The van der Waals surface area contributed by atoms with Crippen LogP contribution < -0.4 is 5.32 Å². The van der Waals surface area contributed by atoms with E-state index in [0.717, 1.165) is 0 Å². The summed E-state index contributed by atoms with van der Waals surface area (Å²) in [6.45, 7) is 4.09. The number of carbonyl (C=O) groups excluding carboxylic acids is 1. The number of hydrogen-bond donors (Lipinski definition) is 1. The summed E-state index contributed by atoms with van der Waals surface area (Å²) in [7, 11) is 0. The zero-order valence-electron chi connectivity index (χ0n) is 7.94. The first-order valence-electron chi connectivity index (χ1n) is 4.62. The number of rotatable bonds is 3. The van der Waals surface area contributed by atoms with Crippen molar-refractivity contribution in [3.8, 4) is 0 Å². The molecule has 1 atom stereocenters. The van der Waals surface area contributed by atoms with E-state index < -0.39 is 5.92 Å². The highest BCUT2D eigenvalue weighted by molar-refractivity contribution is 5.78. The molecule has 0 bridgehead atoms. The molecule has 0 aromatic carbocycles. The van der Waals surface area contributed by atoms with E-state index in [2.05, 4.69) is 5.32 Å². The van der Waals surface area contributed by atoms with Crippen LogP contribution in [-0.4, -0.2) is 18.4 Å². The number of halogens is 2.